The highest BCUT2D eigenvalue weighted by Crippen LogP contribution is 2.17. The summed E-state index contributed by atoms with van der Waals surface area (Å²) in [6, 6.07) is 5.69. The number of hydrogen-bond donors (Lipinski definition) is 0. The molecule has 0 spiro atoms. The van der Waals surface area contributed by atoms with Gasteiger partial charge in [0.05, 0.1) is 5.69 Å². The number of pyridine rings is 1. The third-order valence-corrected chi connectivity index (χ3v) is 1.57. The molecular weight excluding hydrogens is 152 g/mol. The van der Waals surface area contributed by atoms with Gasteiger partial charge in [0.15, 0.2) is 5.76 Å². The second kappa shape index (κ2) is 2.77. The van der Waals surface area contributed by atoms with Crippen LogP contribution in [0.2, 0.25) is 0 Å². The van der Waals surface area contributed by atoms with Gasteiger partial charge in [0.25, 0.3) is 0 Å². The first-order valence-corrected chi connectivity index (χ1v) is 3.70. The highest BCUT2D eigenvalue weighted by molar-refractivity contribution is 5.55. The van der Waals surface area contributed by atoms with Crippen LogP contribution in [0.25, 0.3) is 11.3 Å². The predicted octanol–water partition coefficient (Wildman–Crippen LogP) is 2.05. The van der Waals surface area contributed by atoms with Crippen molar-refractivity contribution >= 4 is 0 Å². The average molecular weight is 160 g/mol. The predicted molar refractivity (Wildman–Crippen MR) is 44.5 cm³/mol. The molecule has 2 rings (SSSR count). The number of hydrogen-bond acceptors (Lipinski definition) is 3. The quantitative estimate of drug-likeness (QED) is 0.640. The first-order chi connectivity index (χ1) is 5.86. The van der Waals surface area contributed by atoms with Crippen molar-refractivity contribution in [2.24, 2.45) is 0 Å². The van der Waals surface area contributed by atoms with Crippen molar-refractivity contribution in [1.29, 1.82) is 0 Å². The second-order valence-corrected chi connectivity index (χ2v) is 2.57. The lowest BCUT2D eigenvalue weighted by atomic mass is 10.2. The van der Waals surface area contributed by atoms with Gasteiger partial charge in [-0.2, -0.15) is 0 Å². The van der Waals surface area contributed by atoms with Gasteiger partial charge in [0, 0.05) is 24.0 Å². The lowest BCUT2D eigenvalue weighted by Gasteiger charge is -1.90. The van der Waals surface area contributed by atoms with Crippen molar-refractivity contribution in [2.45, 2.75) is 6.92 Å². The number of nitrogens with zero attached hydrogens (tertiary/aromatic N) is 2. The molecular formula is C9H8N2O. The van der Waals surface area contributed by atoms with Crippen LogP contribution in [0, 0.1) is 6.92 Å². The largest absolute Gasteiger partial charge is 0.356 e. The average Bonchev–Trinajstić information content (AvgIpc) is 2.54. The molecule has 0 saturated carbocycles. The van der Waals surface area contributed by atoms with Gasteiger partial charge in [-0.3, -0.25) is 4.98 Å². The summed E-state index contributed by atoms with van der Waals surface area (Å²) in [6.45, 7) is 1.89. The summed E-state index contributed by atoms with van der Waals surface area (Å²) in [5.41, 5.74) is 1.84. The Morgan fingerprint density at radius 1 is 1.42 bits per heavy atom. The fraction of sp³-hybridized carbons (Fsp3) is 0.111. The Balaban J connectivity index is 2.45. The van der Waals surface area contributed by atoms with E-state index in [0.717, 1.165) is 17.0 Å². The van der Waals surface area contributed by atoms with Crippen LogP contribution in [0.5, 0.6) is 0 Å². The maximum absolute atomic E-state index is 5.06. The second-order valence-electron chi connectivity index (χ2n) is 2.57. The minimum atomic E-state index is 0.764. The molecule has 3 nitrogen and oxygen atoms in total. The molecule has 0 aliphatic heterocycles. The summed E-state index contributed by atoms with van der Waals surface area (Å²) in [4.78, 5) is 3.98. The minimum Gasteiger partial charge on any atom is -0.356 e. The molecule has 0 saturated heterocycles. The van der Waals surface area contributed by atoms with Gasteiger partial charge in [0.1, 0.15) is 0 Å². The third-order valence-electron chi connectivity index (χ3n) is 1.57. The molecule has 0 atom stereocenters. The van der Waals surface area contributed by atoms with Crippen molar-refractivity contribution < 1.29 is 4.52 Å². The van der Waals surface area contributed by atoms with Gasteiger partial charge >= 0.3 is 0 Å². The first-order valence-electron chi connectivity index (χ1n) is 3.70. The molecule has 0 radical (unpaired) electrons. The van der Waals surface area contributed by atoms with E-state index in [-0.39, 0.29) is 0 Å². The molecule has 12 heavy (non-hydrogen) atoms. The normalized spacial score (nSPS) is 10.1. The monoisotopic (exact) mass is 160 g/mol. The van der Waals surface area contributed by atoms with E-state index in [9.17, 15) is 0 Å². The molecule has 0 N–H and O–H groups in total. The van der Waals surface area contributed by atoms with Crippen LogP contribution in [0.1, 0.15) is 5.69 Å². The topological polar surface area (TPSA) is 38.9 Å². The van der Waals surface area contributed by atoms with Gasteiger partial charge in [-0.15, -0.1) is 0 Å². The van der Waals surface area contributed by atoms with Gasteiger partial charge in [-0.05, 0) is 19.1 Å². The maximum Gasteiger partial charge on any atom is 0.168 e. The summed E-state index contributed by atoms with van der Waals surface area (Å²) in [7, 11) is 0. The van der Waals surface area contributed by atoms with Crippen LogP contribution in [0.15, 0.2) is 35.1 Å². The fourth-order valence-corrected chi connectivity index (χ4v) is 1.01. The molecule has 0 bridgehead atoms. The van der Waals surface area contributed by atoms with Crippen molar-refractivity contribution in [3.63, 3.8) is 0 Å². The summed E-state index contributed by atoms with van der Waals surface area (Å²) in [5, 5.41) is 3.79. The number of aryl methyl sites for hydroxylation is 1. The molecule has 0 aliphatic rings. The van der Waals surface area contributed by atoms with E-state index in [4.69, 9.17) is 4.52 Å². The summed E-state index contributed by atoms with van der Waals surface area (Å²) in [6.07, 6.45) is 3.48. The van der Waals surface area contributed by atoms with Gasteiger partial charge in [-0.1, -0.05) is 5.16 Å². The molecule has 3 heteroatoms. The van der Waals surface area contributed by atoms with Crippen LogP contribution in [-0.2, 0) is 0 Å². The van der Waals surface area contributed by atoms with Crippen molar-refractivity contribution in [3.05, 3.63) is 36.3 Å². The van der Waals surface area contributed by atoms with Crippen molar-refractivity contribution in [3.8, 4) is 11.3 Å². The zero-order chi connectivity index (χ0) is 8.39. The molecule has 60 valence electrons. The highest BCUT2D eigenvalue weighted by Gasteiger charge is 2.02. The van der Waals surface area contributed by atoms with Gasteiger partial charge in [0.2, 0.25) is 0 Å². The molecule has 2 aromatic heterocycles. The van der Waals surface area contributed by atoms with E-state index in [2.05, 4.69) is 10.1 Å². The van der Waals surface area contributed by atoms with Gasteiger partial charge < -0.3 is 4.52 Å². The minimum absolute atomic E-state index is 0.764. The third kappa shape index (κ3) is 1.21. The molecule has 2 heterocycles. The van der Waals surface area contributed by atoms with Gasteiger partial charge in [-0.25, -0.2) is 0 Å². The maximum atomic E-state index is 5.06. The molecule has 0 unspecified atom stereocenters. The molecule has 0 aliphatic carbocycles. The molecule has 0 aromatic carbocycles. The van der Waals surface area contributed by atoms with E-state index in [1.165, 1.54) is 0 Å². The molecule has 0 amide bonds. The van der Waals surface area contributed by atoms with Crippen LogP contribution in [0.4, 0.5) is 0 Å². The summed E-state index contributed by atoms with van der Waals surface area (Å²) >= 11 is 0. The van der Waals surface area contributed by atoms with E-state index in [1.54, 1.807) is 12.4 Å². The van der Waals surface area contributed by atoms with Crippen LogP contribution < -0.4 is 0 Å². The summed E-state index contributed by atoms with van der Waals surface area (Å²) in [5.74, 6) is 0.764. The smallest absolute Gasteiger partial charge is 0.168 e. The van der Waals surface area contributed by atoms with Crippen LogP contribution >= 0.6 is 0 Å². The first kappa shape index (κ1) is 7.03. The fourth-order valence-electron chi connectivity index (χ4n) is 1.01. The van der Waals surface area contributed by atoms with E-state index >= 15 is 0 Å². The standard InChI is InChI=1S/C9H8N2O/c1-7-5-9(12-11-7)8-3-2-4-10-6-8/h2-6H,1H3. The Morgan fingerprint density at radius 2 is 2.33 bits per heavy atom. The van der Waals surface area contributed by atoms with Crippen LogP contribution in [0.3, 0.4) is 0 Å². The van der Waals surface area contributed by atoms with E-state index in [1.807, 2.05) is 25.1 Å². The lowest BCUT2D eigenvalue weighted by Crippen LogP contribution is -1.74. The number of aromatic nitrogens is 2. The Morgan fingerprint density at radius 3 is 2.92 bits per heavy atom. The highest BCUT2D eigenvalue weighted by atomic mass is 16.5. The van der Waals surface area contributed by atoms with Crippen LogP contribution in [-0.4, -0.2) is 10.1 Å². The zero-order valence-corrected chi connectivity index (χ0v) is 6.69. The Hall–Kier alpha value is -1.64. The Bertz CT molecular complexity index is 367. The van der Waals surface area contributed by atoms with E-state index < -0.39 is 0 Å². The van der Waals surface area contributed by atoms with Crippen molar-refractivity contribution in [2.75, 3.05) is 0 Å². The lowest BCUT2D eigenvalue weighted by molar-refractivity contribution is 0.427. The zero-order valence-electron chi connectivity index (χ0n) is 6.69. The summed E-state index contributed by atoms with van der Waals surface area (Å²) < 4.78 is 5.06. The number of rotatable bonds is 1. The van der Waals surface area contributed by atoms with E-state index in [0.29, 0.717) is 0 Å². The van der Waals surface area contributed by atoms with Crippen molar-refractivity contribution in [1.82, 2.24) is 10.1 Å². The Labute approximate surface area is 70.0 Å². The Kier molecular flexibility index (Phi) is 1.63. The molecule has 2 aromatic rings. The SMILES string of the molecule is Cc1cc(-c2cccnc2)on1. The molecule has 0 fully saturated rings.